The topological polar surface area (TPSA) is 71.5 Å². The molecule has 0 radical (unpaired) electrons. The molecule has 7 heteroatoms. The van der Waals surface area contributed by atoms with Crippen molar-refractivity contribution in [1.82, 2.24) is 9.88 Å². The number of aryl methyl sites for hydroxylation is 1. The Balaban J connectivity index is 1.32. The number of rotatable bonds is 6. The normalized spacial score (nSPS) is 13.4. The molecule has 0 unspecified atom stereocenters. The maximum Gasteiger partial charge on any atom is 0.254 e. The number of thiazole rings is 1. The van der Waals surface area contributed by atoms with Crippen molar-refractivity contribution in [1.29, 1.82) is 0 Å². The van der Waals surface area contributed by atoms with Crippen molar-refractivity contribution in [3.63, 3.8) is 0 Å². The summed E-state index contributed by atoms with van der Waals surface area (Å²) in [6.45, 7) is 4.37. The van der Waals surface area contributed by atoms with E-state index in [0.29, 0.717) is 37.6 Å². The molecule has 182 valence electrons. The van der Waals surface area contributed by atoms with Gasteiger partial charge >= 0.3 is 0 Å². The van der Waals surface area contributed by atoms with Gasteiger partial charge < -0.3 is 15.0 Å². The van der Waals surface area contributed by atoms with Crippen molar-refractivity contribution >= 4 is 28.8 Å². The quantitative estimate of drug-likeness (QED) is 0.385. The van der Waals surface area contributed by atoms with Crippen LogP contribution in [-0.4, -0.2) is 48.0 Å². The standard InChI is InChI=1S/C29H27N3O3S/c1-20-7-9-21(10-8-20)27-25(31-28(36-27)22-5-3-2-4-6-22)19-26(33)30-24-13-11-23(12-14-24)29(34)32-15-17-35-18-16-32/h2-14H,15-19H2,1H3,(H,30,33). The Morgan fingerprint density at radius 3 is 2.31 bits per heavy atom. The van der Waals surface area contributed by atoms with Gasteiger partial charge in [-0.3, -0.25) is 9.59 Å². The Bertz CT molecular complexity index is 1340. The second kappa shape index (κ2) is 10.8. The lowest BCUT2D eigenvalue weighted by molar-refractivity contribution is -0.115. The molecule has 1 N–H and O–H groups in total. The summed E-state index contributed by atoms with van der Waals surface area (Å²) in [5.74, 6) is -0.171. The number of morpholine rings is 1. The molecule has 0 spiro atoms. The summed E-state index contributed by atoms with van der Waals surface area (Å²) in [5.41, 5.74) is 5.26. The summed E-state index contributed by atoms with van der Waals surface area (Å²) in [4.78, 5) is 33.3. The van der Waals surface area contributed by atoms with Gasteiger partial charge in [-0.1, -0.05) is 60.2 Å². The number of benzene rings is 3. The van der Waals surface area contributed by atoms with Crippen molar-refractivity contribution in [2.75, 3.05) is 31.6 Å². The highest BCUT2D eigenvalue weighted by Crippen LogP contribution is 2.36. The molecule has 2 amide bonds. The lowest BCUT2D eigenvalue weighted by Crippen LogP contribution is -2.40. The zero-order chi connectivity index (χ0) is 24.9. The third-order valence-corrected chi connectivity index (χ3v) is 7.27. The van der Waals surface area contributed by atoms with Gasteiger partial charge in [0.2, 0.25) is 5.91 Å². The minimum absolute atomic E-state index is 0.0187. The highest BCUT2D eigenvalue weighted by Gasteiger charge is 2.19. The predicted octanol–water partition coefficient (Wildman–Crippen LogP) is 5.44. The first-order valence-electron chi connectivity index (χ1n) is 12.0. The summed E-state index contributed by atoms with van der Waals surface area (Å²) in [6, 6.07) is 25.3. The Hall–Kier alpha value is -3.81. The Morgan fingerprint density at radius 1 is 0.917 bits per heavy atom. The third-order valence-electron chi connectivity index (χ3n) is 6.07. The van der Waals surface area contributed by atoms with Crippen LogP contribution in [0.4, 0.5) is 5.69 Å². The number of carbonyl (C=O) groups excluding carboxylic acids is 2. The Kier molecular flexibility index (Phi) is 7.21. The number of anilines is 1. The fourth-order valence-electron chi connectivity index (χ4n) is 4.11. The first-order valence-corrected chi connectivity index (χ1v) is 12.8. The van der Waals surface area contributed by atoms with Gasteiger partial charge in [0.1, 0.15) is 5.01 Å². The van der Waals surface area contributed by atoms with Crippen LogP contribution < -0.4 is 5.32 Å². The summed E-state index contributed by atoms with van der Waals surface area (Å²) in [5, 5.41) is 3.84. The van der Waals surface area contributed by atoms with Crippen LogP contribution in [0.3, 0.4) is 0 Å². The molecule has 1 aliphatic rings. The predicted molar refractivity (Wildman–Crippen MR) is 143 cm³/mol. The van der Waals surface area contributed by atoms with Gasteiger partial charge in [-0.15, -0.1) is 11.3 Å². The van der Waals surface area contributed by atoms with Crippen LogP contribution in [0.2, 0.25) is 0 Å². The van der Waals surface area contributed by atoms with E-state index in [1.165, 1.54) is 5.56 Å². The molecule has 1 aromatic heterocycles. The van der Waals surface area contributed by atoms with Gasteiger partial charge in [-0.2, -0.15) is 0 Å². The van der Waals surface area contributed by atoms with Crippen LogP contribution in [0, 0.1) is 6.92 Å². The van der Waals surface area contributed by atoms with E-state index in [4.69, 9.17) is 9.72 Å². The second-order valence-corrected chi connectivity index (χ2v) is 9.73. The monoisotopic (exact) mass is 497 g/mol. The number of hydrogen-bond acceptors (Lipinski definition) is 5. The number of nitrogens with zero attached hydrogens (tertiary/aromatic N) is 2. The average Bonchev–Trinajstić information content (AvgIpc) is 3.33. The highest BCUT2D eigenvalue weighted by atomic mass is 32.1. The largest absolute Gasteiger partial charge is 0.378 e. The fraction of sp³-hybridized carbons (Fsp3) is 0.207. The molecule has 36 heavy (non-hydrogen) atoms. The van der Waals surface area contributed by atoms with Crippen LogP contribution in [0.1, 0.15) is 21.6 Å². The Labute approximate surface area is 214 Å². The van der Waals surface area contributed by atoms with E-state index in [1.54, 1.807) is 40.5 Å². The van der Waals surface area contributed by atoms with Crippen LogP contribution in [-0.2, 0) is 16.0 Å². The number of nitrogens with one attached hydrogen (secondary N) is 1. The van der Waals surface area contributed by atoms with Gasteiger partial charge in [0.15, 0.2) is 0 Å². The maximum atomic E-state index is 13.0. The zero-order valence-electron chi connectivity index (χ0n) is 20.1. The van der Waals surface area contributed by atoms with E-state index in [1.807, 2.05) is 30.3 Å². The summed E-state index contributed by atoms with van der Waals surface area (Å²) in [6.07, 6.45) is 0.154. The van der Waals surface area contributed by atoms with Gasteiger partial charge in [0.25, 0.3) is 5.91 Å². The zero-order valence-corrected chi connectivity index (χ0v) is 20.9. The summed E-state index contributed by atoms with van der Waals surface area (Å²) < 4.78 is 5.32. The number of aromatic nitrogens is 1. The lowest BCUT2D eigenvalue weighted by atomic mass is 10.1. The van der Waals surface area contributed by atoms with E-state index in [0.717, 1.165) is 26.7 Å². The first kappa shape index (κ1) is 23.9. The lowest BCUT2D eigenvalue weighted by Gasteiger charge is -2.26. The highest BCUT2D eigenvalue weighted by molar-refractivity contribution is 7.18. The second-order valence-electron chi connectivity index (χ2n) is 8.73. The summed E-state index contributed by atoms with van der Waals surface area (Å²) >= 11 is 1.60. The molecule has 4 aromatic rings. The van der Waals surface area contributed by atoms with E-state index >= 15 is 0 Å². The van der Waals surface area contributed by atoms with Crippen LogP contribution >= 0.6 is 11.3 Å². The minimum atomic E-state index is -0.152. The van der Waals surface area contributed by atoms with Crippen molar-refractivity contribution in [3.05, 3.63) is 95.7 Å². The van der Waals surface area contributed by atoms with E-state index < -0.39 is 0 Å². The third kappa shape index (κ3) is 5.53. The van der Waals surface area contributed by atoms with Crippen molar-refractivity contribution < 1.29 is 14.3 Å². The minimum Gasteiger partial charge on any atom is -0.378 e. The molecule has 3 aromatic carbocycles. The molecule has 1 aliphatic heterocycles. The fourth-order valence-corrected chi connectivity index (χ4v) is 5.20. The molecule has 0 saturated carbocycles. The number of ether oxygens (including phenoxy) is 1. The molecular formula is C29H27N3O3S. The van der Waals surface area contributed by atoms with E-state index in [9.17, 15) is 9.59 Å². The van der Waals surface area contributed by atoms with Crippen LogP contribution in [0.5, 0.6) is 0 Å². The first-order chi connectivity index (χ1) is 17.6. The molecular weight excluding hydrogens is 470 g/mol. The molecule has 6 nitrogen and oxygen atoms in total. The molecule has 5 rings (SSSR count). The van der Waals surface area contributed by atoms with Crippen molar-refractivity contribution in [3.8, 4) is 21.0 Å². The molecule has 1 saturated heterocycles. The van der Waals surface area contributed by atoms with Crippen molar-refractivity contribution in [2.45, 2.75) is 13.3 Å². The molecule has 0 bridgehead atoms. The number of carbonyl (C=O) groups is 2. The summed E-state index contributed by atoms with van der Waals surface area (Å²) in [7, 11) is 0. The molecule has 0 aliphatic carbocycles. The van der Waals surface area contributed by atoms with E-state index in [2.05, 4.69) is 36.5 Å². The van der Waals surface area contributed by atoms with Crippen molar-refractivity contribution in [2.24, 2.45) is 0 Å². The van der Waals surface area contributed by atoms with Gasteiger partial charge in [0.05, 0.1) is 30.2 Å². The molecule has 1 fully saturated rings. The van der Waals surface area contributed by atoms with Gasteiger partial charge in [-0.25, -0.2) is 4.98 Å². The smallest absolute Gasteiger partial charge is 0.254 e. The average molecular weight is 498 g/mol. The van der Waals surface area contributed by atoms with Crippen LogP contribution in [0.25, 0.3) is 21.0 Å². The maximum absolute atomic E-state index is 13.0. The Morgan fingerprint density at radius 2 is 1.61 bits per heavy atom. The molecule has 0 atom stereocenters. The number of hydrogen-bond donors (Lipinski definition) is 1. The van der Waals surface area contributed by atoms with Gasteiger partial charge in [0, 0.05) is 29.9 Å². The van der Waals surface area contributed by atoms with E-state index in [-0.39, 0.29) is 18.2 Å². The van der Waals surface area contributed by atoms with Crippen LogP contribution in [0.15, 0.2) is 78.9 Å². The van der Waals surface area contributed by atoms with Gasteiger partial charge in [-0.05, 0) is 36.8 Å². The number of amides is 2. The molecule has 2 heterocycles. The SMILES string of the molecule is Cc1ccc(-c2sc(-c3ccccc3)nc2CC(=O)Nc2ccc(C(=O)N3CCOCC3)cc2)cc1.